The number of amides is 1. The van der Waals surface area contributed by atoms with E-state index in [2.05, 4.69) is 14.9 Å². The van der Waals surface area contributed by atoms with Gasteiger partial charge in [-0.3, -0.25) is 9.68 Å². The lowest BCUT2D eigenvalue weighted by molar-refractivity contribution is -0.222. The van der Waals surface area contributed by atoms with Crippen LogP contribution in [0.4, 0.5) is 0 Å². The average molecular weight is 315 g/mol. The fourth-order valence-electron chi connectivity index (χ4n) is 0.958. The van der Waals surface area contributed by atoms with Gasteiger partial charge in [0.15, 0.2) is 0 Å². The summed E-state index contributed by atoms with van der Waals surface area (Å²) >= 11 is 0. The molecule has 0 heterocycles. The van der Waals surface area contributed by atoms with Crippen LogP contribution in [0.15, 0.2) is 0 Å². The van der Waals surface area contributed by atoms with Gasteiger partial charge in [-0.1, -0.05) is 18.5 Å². The van der Waals surface area contributed by atoms with Crippen molar-refractivity contribution in [1.29, 1.82) is 0 Å². The fraction of sp³-hybridized carbons (Fsp3) is 0.778. The number of carbonyl (C=O) groups is 2. The molecule has 0 bridgehead atoms. The van der Waals surface area contributed by atoms with Crippen LogP contribution in [0.25, 0.3) is 0 Å². The second-order valence-electron chi connectivity index (χ2n) is 4.61. The zero-order chi connectivity index (χ0) is 16.0. The zero-order valence-corrected chi connectivity index (χ0v) is 11.9. The Hall–Kier alpha value is -1.03. The number of aliphatic hydroxyl groups excluding tert-OH is 2. The highest BCUT2D eigenvalue weighted by Crippen LogP contribution is 2.35. The van der Waals surface area contributed by atoms with E-state index in [1.807, 2.05) is 0 Å². The summed E-state index contributed by atoms with van der Waals surface area (Å²) in [5.41, 5.74) is -1.05. The molecule has 1 atom stereocenters. The van der Waals surface area contributed by atoms with Crippen LogP contribution in [-0.2, 0) is 23.7 Å². The van der Waals surface area contributed by atoms with Gasteiger partial charge in [0.05, 0.1) is 13.0 Å². The van der Waals surface area contributed by atoms with Crippen molar-refractivity contribution in [3.8, 4) is 0 Å². The summed E-state index contributed by atoms with van der Waals surface area (Å²) in [5.74, 6) is -1.91. The standard InChI is InChI=1S/C9H18NO9P/c1-9(2,5-11)7(13)8(14)10-4-3-6(12)18-19-20(15,16)17/h7,11,13H,3-5H2,1-2H3,(H,10,14)(H2,15,16,17)/t7-/m0/s1. The number of rotatable bonds is 8. The summed E-state index contributed by atoms with van der Waals surface area (Å²) in [6.45, 7) is 2.29. The highest BCUT2D eigenvalue weighted by atomic mass is 31.2. The molecule has 0 spiro atoms. The molecule has 0 rings (SSSR count). The lowest BCUT2D eigenvalue weighted by Gasteiger charge is -2.26. The summed E-state index contributed by atoms with van der Waals surface area (Å²) in [5, 5.41) is 20.8. The molecule has 0 radical (unpaired) electrons. The average Bonchev–Trinajstić information content (AvgIpc) is 2.34. The molecule has 0 fully saturated rings. The van der Waals surface area contributed by atoms with E-state index in [0.29, 0.717) is 0 Å². The van der Waals surface area contributed by atoms with Crippen LogP contribution in [0.3, 0.4) is 0 Å². The van der Waals surface area contributed by atoms with Gasteiger partial charge in [-0.15, -0.1) is 0 Å². The Morgan fingerprint density at radius 3 is 2.35 bits per heavy atom. The van der Waals surface area contributed by atoms with Crippen molar-refractivity contribution in [2.45, 2.75) is 26.4 Å². The number of phosphoric acid groups is 1. The fourth-order valence-corrected chi connectivity index (χ4v) is 1.14. The van der Waals surface area contributed by atoms with E-state index in [4.69, 9.17) is 14.9 Å². The first-order valence-corrected chi connectivity index (χ1v) is 7.04. The number of hydrogen-bond acceptors (Lipinski definition) is 7. The monoisotopic (exact) mass is 315 g/mol. The van der Waals surface area contributed by atoms with E-state index in [0.717, 1.165) is 0 Å². The maximum Gasteiger partial charge on any atom is 0.505 e. The minimum Gasteiger partial charge on any atom is -0.396 e. The molecule has 0 aromatic carbocycles. The first kappa shape index (κ1) is 19.0. The van der Waals surface area contributed by atoms with E-state index in [-0.39, 0.29) is 6.54 Å². The maximum atomic E-state index is 11.5. The molecule has 0 aromatic rings. The summed E-state index contributed by atoms with van der Waals surface area (Å²) in [4.78, 5) is 42.7. The number of aliphatic hydroxyl groups is 2. The Kier molecular flexibility index (Phi) is 7.28. The smallest absolute Gasteiger partial charge is 0.396 e. The van der Waals surface area contributed by atoms with Gasteiger partial charge in [-0.05, 0) is 0 Å². The quantitative estimate of drug-likeness (QED) is 0.202. The van der Waals surface area contributed by atoms with Crippen molar-refractivity contribution in [1.82, 2.24) is 5.32 Å². The maximum absolute atomic E-state index is 11.5. The van der Waals surface area contributed by atoms with Gasteiger partial charge in [0, 0.05) is 12.0 Å². The van der Waals surface area contributed by atoms with Gasteiger partial charge in [0.25, 0.3) is 0 Å². The van der Waals surface area contributed by atoms with Crippen molar-refractivity contribution in [3.05, 3.63) is 0 Å². The number of hydrogen-bond donors (Lipinski definition) is 5. The Bertz CT molecular complexity index is 391. The minimum atomic E-state index is -4.91. The molecule has 0 saturated heterocycles. The van der Waals surface area contributed by atoms with E-state index in [1.54, 1.807) is 0 Å². The Labute approximate surface area is 114 Å². The third-order valence-electron chi connectivity index (χ3n) is 2.25. The lowest BCUT2D eigenvalue weighted by Crippen LogP contribution is -2.46. The Morgan fingerprint density at radius 2 is 1.90 bits per heavy atom. The van der Waals surface area contributed by atoms with Gasteiger partial charge in [-0.25, -0.2) is 9.36 Å². The van der Waals surface area contributed by atoms with Gasteiger partial charge >= 0.3 is 13.8 Å². The third-order valence-corrected chi connectivity index (χ3v) is 2.52. The first-order valence-electron chi connectivity index (χ1n) is 5.51. The largest absolute Gasteiger partial charge is 0.505 e. The normalized spacial score (nSPS) is 13.7. The van der Waals surface area contributed by atoms with Crippen LogP contribution < -0.4 is 5.32 Å². The van der Waals surface area contributed by atoms with Crippen LogP contribution in [-0.4, -0.2) is 51.1 Å². The van der Waals surface area contributed by atoms with Crippen LogP contribution in [0.1, 0.15) is 20.3 Å². The first-order chi connectivity index (χ1) is 8.99. The Morgan fingerprint density at radius 1 is 1.35 bits per heavy atom. The second-order valence-corrected chi connectivity index (χ2v) is 5.74. The Balaban J connectivity index is 4.04. The summed E-state index contributed by atoms with van der Waals surface area (Å²) in [6, 6.07) is 0. The summed E-state index contributed by atoms with van der Waals surface area (Å²) in [6.07, 6.45) is -1.90. The summed E-state index contributed by atoms with van der Waals surface area (Å²) < 4.78 is 13.7. The molecule has 0 aliphatic heterocycles. The minimum absolute atomic E-state index is 0.235. The van der Waals surface area contributed by atoms with Gasteiger partial charge in [0.2, 0.25) is 5.91 Å². The molecule has 0 saturated carbocycles. The topological polar surface area (TPSA) is 163 Å². The van der Waals surface area contributed by atoms with Gasteiger partial charge in [-0.2, -0.15) is 0 Å². The van der Waals surface area contributed by atoms with E-state index >= 15 is 0 Å². The molecular weight excluding hydrogens is 297 g/mol. The van der Waals surface area contributed by atoms with E-state index in [9.17, 15) is 19.3 Å². The molecule has 11 heteroatoms. The molecule has 0 unspecified atom stereocenters. The lowest BCUT2D eigenvalue weighted by atomic mass is 9.87. The highest BCUT2D eigenvalue weighted by molar-refractivity contribution is 7.46. The van der Waals surface area contributed by atoms with Crippen molar-refractivity contribution in [2.24, 2.45) is 5.41 Å². The van der Waals surface area contributed by atoms with Crippen molar-refractivity contribution in [3.63, 3.8) is 0 Å². The van der Waals surface area contributed by atoms with Crippen LogP contribution >= 0.6 is 7.82 Å². The van der Waals surface area contributed by atoms with Crippen molar-refractivity contribution < 1.29 is 43.7 Å². The molecule has 10 nitrogen and oxygen atoms in total. The molecule has 0 aliphatic rings. The molecule has 5 N–H and O–H groups in total. The predicted molar refractivity (Wildman–Crippen MR) is 63.7 cm³/mol. The third kappa shape index (κ3) is 7.53. The number of nitrogens with one attached hydrogen (secondary N) is 1. The molecule has 118 valence electrons. The van der Waals surface area contributed by atoms with Crippen molar-refractivity contribution >= 4 is 19.7 Å². The van der Waals surface area contributed by atoms with E-state index < -0.39 is 44.2 Å². The van der Waals surface area contributed by atoms with Crippen LogP contribution in [0.5, 0.6) is 0 Å². The van der Waals surface area contributed by atoms with Gasteiger partial charge in [0.1, 0.15) is 6.10 Å². The SMILES string of the molecule is CC(C)(CO)[C@@H](O)C(=O)NCCC(=O)OOP(=O)(O)O. The molecule has 20 heavy (non-hydrogen) atoms. The molecule has 1 amide bonds. The molecule has 0 aliphatic carbocycles. The second kappa shape index (κ2) is 7.67. The highest BCUT2D eigenvalue weighted by Gasteiger charge is 2.32. The van der Waals surface area contributed by atoms with Crippen LogP contribution in [0.2, 0.25) is 0 Å². The van der Waals surface area contributed by atoms with Gasteiger partial charge < -0.3 is 25.3 Å². The molecular formula is C9H18NO9P. The zero-order valence-electron chi connectivity index (χ0n) is 11.0. The van der Waals surface area contributed by atoms with E-state index in [1.165, 1.54) is 13.8 Å². The summed E-state index contributed by atoms with van der Waals surface area (Å²) in [7, 11) is -4.91. The van der Waals surface area contributed by atoms with Crippen LogP contribution in [0, 0.1) is 5.41 Å². The molecule has 0 aromatic heterocycles. The number of carbonyl (C=O) groups excluding carboxylic acids is 2. The van der Waals surface area contributed by atoms with Crippen molar-refractivity contribution in [2.75, 3.05) is 13.2 Å². The predicted octanol–water partition coefficient (Wildman–Crippen LogP) is -1.56.